The van der Waals surface area contributed by atoms with Crippen molar-refractivity contribution in [3.63, 3.8) is 0 Å². The van der Waals surface area contributed by atoms with Gasteiger partial charge in [0.15, 0.2) is 0 Å². The SMILES string of the molecule is CCc1cc(C(=O)NCCOc2ccc(C(C)C)cc2)n[nH]1. The van der Waals surface area contributed by atoms with Crippen molar-refractivity contribution < 1.29 is 9.53 Å². The summed E-state index contributed by atoms with van der Waals surface area (Å²) in [5, 5.41) is 9.59. The van der Waals surface area contributed by atoms with Crippen LogP contribution < -0.4 is 10.1 Å². The van der Waals surface area contributed by atoms with Crippen LogP contribution in [0.5, 0.6) is 5.75 Å². The molecule has 0 unspecified atom stereocenters. The lowest BCUT2D eigenvalue weighted by Crippen LogP contribution is -2.28. The van der Waals surface area contributed by atoms with Gasteiger partial charge >= 0.3 is 0 Å². The Kier molecular flexibility index (Phi) is 5.58. The molecule has 5 heteroatoms. The van der Waals surface area contributed by atoms with E-state index >= 15 is 0 Å². The summed E-state index contributed by atoms with van der Waals surface area (Å²) in [6.07, 6.45) is 0.829. The lowest BCUT2D eigenvalue weighted by Gasteiger charge is -2.09. The number of rotatable bonds is 7. The predicted molar refractivity (Wildman–Crippen MR) is 86.3 cm³/mol. The average molecular weight is 301 g/mol. The molecule has 2 aromatic rings. The van der Waals surface area contributed by atoms with Gasteiger partial charge in [-0.15, -0.1) is 0 Å². The molecular weight excluding hydrogens is 278 g/mol. The molecule has 2 N–H and O–H groups in total. The first-order valence-electron chi connectivity index (χ1n) is 7.65. The van der Waals surface area contributed by atoms with E-state index in [0.29, 0.717) is 24.8 Å². The number of aromatic nitrogens is 2. The molecule has 0 fully saturated rings. The molecule has 0 aliphatic carbocycles. The number of benzene rings is 1. The molecule has 118 valence electrons. The number of hydrogen-bond acceptors (Lipinski definition) is 3. The van der Waals surface area contributed by atoms with Crippen molar-refractivity contribution in [3.8, 4) is 5.75 Å². The highest BCUT2D eigenvalue weighted by molar-refractivity contribution is 5.92. The van der Waals surface area contributed by atoms with E-state index in [1.54, 1.807) is 6.07 Å². The standard InChI is InChI=1S/C17H23N3O2/c1-4-14-11-16(20-19-14)17(21)18-9-10-22-15-7-5-13(6-8-15)12(2)3/h5-8,11-12H,4,9-10H2,1-3H3,(H,18,21)(H,19,20). The molecule has 0 saturated heterocycles. The maximum Gasteiger partial charge on any atom is 0.271 e. The second-order valence-corrected chi connectivity index (χ2v) is 5.46. The Balaban J connectivity index is 1.73. The number of nitrogens with zero attached hydrogens (tertiary/aromatic N) is 1. The molecule has 0 atom stereocenters. The van der Waals surface area contributed by atoms with E-state index in [1.165, 1.54) is 5.56 Å². The molecule has 0 bridgehead atoms. The lowest BCUT2D eigenvalue weighted by atomic mass is 10.0. The van der Waals surface area contributed by atoms with Gasteiger partial charge in [0.05, 0.1) is 6.54 Å². The Hall–Kier alpha value is -2.30. The van der Waals surface area contributed by atoms with Crippen molar-refractivity contribution in [3.05, 3.63) is 47.3 Å². The number of ether oxygens (including phenoxy) is 1. The second-order valence-electron chi connectivity index (χ2n) is 5.46. The molecule has 1 aromatic carbocycles. The first kappa shape index (κ1) is 16.1. The van der Waals surface area contributed by atoms with Gasteiger partial charge < -0.3 is 10.1 Å². The summed E-state index contributed by atoms with van der Waals surface area (Å²) in [6.45, 7) is 7.19. The van der Waals surface area contributed by atoms with Crippen molar-refractivity contribution in [2.24, 2.45) is 0 Å². The van der Waals surface area contributed by atoms with Crippen molar-refractivity contribution in [1.29, 1.82) is 0 Å². The number of nitrogens with one attached hydrogen (secondary N) is 2. The van der Waals surface area contributed by atoms with E-state index in [4.69, 9.17) is 4.74 Å². The maximum absolute atomic E-state index is 11.9. The van der Waals surface area contributed by atoms with Crippen LogP contribution in [-0.2, 0) is 6.42 Å². The first-order valence-corrected chi connectivity index (χ1v) is 7.65. The van der Waals surface area contributed by atoms with E-state index in [-0.39, 0.29) is 5.91 Å². The lowest BCUT2D eigenvalue weighted by molar-refractivity contribution is 0.0942. The van der Waals surface area contributed by atoms with Crippen LogP contribution in [0.4, 0.5) is 0 Å². The van der Waals surface area contributed by atoms with Crippen LogP contribution in [0.2, 0.25) is 0 Å². The molecule has 0 aliphatic heterocycles. The van der Waals surface area contributed by atoms with Gasteiger partial charge in [-0.25, -0.2) is 0 Å². The van der Waals surface area contributed by atoms with Crippen LogP contribution in [0.1, 0.15) is 48.4 Å². The topological polar surface area (TPSA) is 67.0 Å². The Morgan fingerprint density at radius 2 is 2.05 bits per heavy atom. The van der Waals surface area contributed by atoms with Gasteiger partial charge in [0.1, 0.15) is 18.1 Å². The third-order valence-electron chi connectivity index (χ3n) is 3.45. The summed E-state index contributed by atoms with van der Waals surface area (Å²) in [5.74, 6) is 1.14. The van der Waals surface area contributed by atoms with Crippen molar-refractivity contribution in [1.82, 2.24) is 15.5 Å². The monoisotopic (exact) mass is 301 g/mol. The molecule has 1 aromatic heterocycles. The van der Waals surface area contributed by atoms with Crippen LogP contribution in [-0.4, -0.2) is 29.3 Å². The largest absolute Gasteiger partial charge is 0.492 e. The van der Waals surface area contributed by atoms with Crippen LogP contribution in [0, 0.1) is 0 Å². The van der Waals surface area contributed by atoms with Gasteiger partial charge in [0.2, 0.25) is 0 Å². The highest BCUT2D eigenvalue weighted by Crippen LogP contribution is 2.18. The Labute approximate surface area is 131 Å². The number of carbonyl (C=O) groups excluding carboxylic acids is 1. The van der Waals surface area contributed by atoms with Crippen molar-refractivity contribution in [2.75, 3.05) is 13.2 Å². The number of aromatic amines is 1. The molecule has 1 amide bonds. The van der Waals surface area contributed by atoms with Crippen LogP contribution in [0.25, 0.3) is 0 Å². The van der Waals surface area contributed by atoms with Gasteiger partial charge in [0.25, 0.3) is 5.91 Å². The average Bonchev–Trinajstić information content (AvgIpc) is 3.01. The van der Waals surface area contributed by atoms with Crippen LogP contribution >= 0.6 is 0 Å². The summed E-state index contributed by atoms with van der Waals surface area (Å²) < 4.78 is 5.61. The maximum atomic E-state index is 11.9. The number of amides is 1. The highest BCUT2D eigenvalue weighted by atomic mass is 16.5. The summed E-state index contributed by atoms with van der Waals surface area (Å²) in [4.78, 5) is 11.9. The zero-order valence-corrected chi connectivity index (χ0v) is 13.3. The minimum absolute atomic E-state index is 0.185. The fraction of sp³-hybridized carbons (Fsp3) is 0.412. The minimum atomic E-state index is -0.185. The first-order chi connectivity index (χ1) is 10.6. The molecule has 0 saturated carbocycles. The molecule has 0 radical (unpaired) electrons. The van der Waals surface area contributed by atoms with E-state index in [1.807, 2.05) is 19.1 Å². The molecule has 5 nitrogen and oxygen atoms in total. The number of H-pyrrole nitrogens is 1. The quantitative estimate of drug-likeness (QED) is 0.773. The highest BCUT2D eigenvalue weighted by Gasteiger charge is 2.09. The second kappa shape index (κ2) is 7.64. The van der Waals surface area contributed by atoms with Gasteiger partial charge in [-0.2, -0.15) is 5.10 Å². The smallest absolute Gasteiger partial charge is 0.271 e. The fourth-order valence-corrected chi connectivity index (χ4v) is 2.03. The zero-order chi connectivity index (χ0) is 15.9. The third-order valence-corrected chi connectivity index (χ3v) is 3.45. The van der Waals surface area contributed by atoms with E-state index < -0.39 is 0 Å². The van der Waals surface area contributed by atoms with Gasteiger partial charge in [-0.3, -0.25) is 9.89 Å². The molecule has 22 heavy (non-hydrogen) atoms. The third kappa shape index (κ3) is 4.35. The van der Waals surface area contributed by atoms with Crippen molar-refractivity contribution >= 4 is 5.91 Å². The minimum Gasteiger partial charge on any atom is -0.492 e. The molecule has 0 aliphatic rings. The van der Waals surface area contributed by atoms with E-state index in [9.17, 15) is 4.79 Å². The number of aryl methyl sites for hydroxylation is 1. The summed E-state index contributed by atoms with van der Waals surface area (Å²) in [6, 6.07) is 9.81. The predicted octanol–water partition coefficient (Wildman–Crippen LogP) is 2.90. The number of hydrogen-bond donors (Lipinski definition) is 2. The van der Waals surface area contributed by atoms with Gasteiger partial charge in [0, 0.05) is 5.69 Å². The van der Waals surface area contributed by atoms with Crippen LogP contribution in [0.3, 0.4) is 0 Å². The fourth-order valence-electron chi connectivity index (χ4n) is 2.03. The summed E-state index contributed by atoms with van der Waals surface area (Å²) in [5.41, 5.74) is 2.65. The summed E-state index contributed by atoms with van der Waals surface area (Å²) >= 11 is 0. The van der Waals surface area contributed by atoms with Crippen molar-refractivity contribution in [2.45, 2.75) is 33.1 Å². The molecular formula is C17H23N3O2. The van der Waals surface area contributed by atoms with E-state index in [0.717, 1.165) is 17.9 Å². The Bertz CT molecular complexity index is 603. The Morgan fingerprint density at radius 1 is 1.32 bits per heavy atom. The number of carbonyl (C=O) groups is 1. The summed E-state index contributed by atoms with van der Waals surface area (Å²) in [7, 11) is 0. The zero-order valence-electron chi connectivity index (χ0n) is 13.3. The van der Waals surface area contributed by atoms with Gasteiger partial charge in [-0.05, 0) is 36.1 Å². The molecule has 2 rings (SSSR count). The molecule has 0 spiro atoms. The van der Waals surface area contributed by atoms with E-state index in [2.05, 4.69) is 41.5 Å². The normalized spacial score (nSPS) is 10.7. The Morgan fingerprint density at radius 3 is 2.64 bits per heavy atom. The van der Waals surface area contributed by atoms with Gasteiger partial charge in [-0.1, -0.05) is 32.9 Å². The molecule has 1 heterocycles. The van der Waals surface area contributed by atoms with Crippen LogP contribution in [0.15, 0.2) is 30.3 Å².